The smallest absolute Gasteiger partial charge is 0.255 e. The molecule has 1 amide bonds. The Labute approximate surface area is 195 Å². The van der Waals surface area contributed by atoms with Gasteiger partial charge in [-0.2, -0.15) is 10.1 Å². The highest BCUT2D eigenvalue weighted by molar-refractivity contribution is 6.02. The van der Waals surface area contributed by atoms with Crippen molar-refractivity contribution < 1.29 is 13.9 Å². The Morgan fingerprint density at radius 3 is 2.94 bits per heavy atom. The fourth-order valence-electron chi connectivity index (χ4n) is 4.63. The first-order valence-electron chi connectivity index (χ1n) is 11.7. The molecule has 1 saturated heterocycles. The quantitative estimate of drug-likeness (QED) is 0.404. The Morgan fingerprint density at radius 1 is 1.29 bits per heavy atom. The first-order valence-corrected chi connectivity index (χ1v) is 11.7. The zero-order chi connectivity index (χ0) is 23.1. The molecular formula is C24H26FN7O2. The number of aromatic amines is 1. The molecule has 1 saturated carbocycles. The van der Waals surface area contributed by atoms with Gasteiger partial charge in [-0.1, -0.05) is 0 Å². The summed E-state index contributed by atoms with van der Waals surface area (Å²) in [5.74, 6) is 0.275. The summed E-state index contributed by atoms with van der Waals surface area (Å²) in [7, 11) is 0. The topological polar surface area (TPSA) is 109 Å². The second kappa shape index (κ2) is 8.35. The third-order valence-electron chi connectivity index (χ3n) is 6.88. The number of hydrogen-bond donors (Lipinski definition) is 3. The van der Waals surface area contributed by atoms with Gasteiger partial charge in [0, 0.05) is 48.8 Å². The molecule has 0 aromatic carbocycles. The summed E-state index contributed by atoms with van der Waals surface area (Å²) in [6.45, 7) is 1.55. The molecule has 2 aliphatic rings. The second-order valence-electron chi connectivity index (χ2n) is 9.18. The minimum atomic E-state index is -1.14. The molecular weight excluding hydrogens is 437 g/mol. The van der Waals surface area contributed by atoms with E-state index in [0.717, 1.165) is 41.3 Å². The van der Waals surface area contributed by atoms with Crippen LogP contribution in [0.25, 0.3) is 27.7 Å². The zero-order valence-corrected chi connectivity index (χ0v) is 18.7. The van der Waals surface area contributed by atoms with E-state index in [0.29, 0.717) is 43.2 Å². The summed E-state index contributed by atoms with van der Waals surface area (Å²) in [5, 5.41) is 11.3. The molecule has 5 heterocycles. The van der Waals surface area contributed by atoms with Crippen molar-refractivity contribution in [3.05, 3.63) is 42.5 Å². The minimum absolute atomic E-state index is 0.115. The third-order valence-corrected chi connectivity index (χ3v) is 6.88. The molecule has 1 aliphatic heterocycles. The van der Waals surface area contributed by atoms with Crippen LogP contribution in [0.2, 0.25) is 0 Å². The Bertz CT molecular complexity index is 1350. The molecule has 4 aromatic rings. The third kappa shape index (κ3) is 3.87. The number of anilines is 1. The van der Waals surface area contributed by atoms with Gasteiger partial charge in [0.25, 0.3) is 5.91 Å². The molecule has 2 fully saturated rings. The van der Waals surface area contributed by atoms with Gasteiger partial charge >= 0.3 is 0 Å². The first kappa shape index (κ1) is 21.0. The van der Waals surface area contributed by atoms with Crippen LogP contribution in [0.4, 0.5) is 10.3 Å². The number of aromatic nitrogens is 5. The van der Waals surface area contributed by atoms with Crippen molar-refractivity contribution in [3.8, 4) is 11.1 Å². The number of pyridine rings is 1. The number of nitrogens with zero attached hydrogens (tertiary/aromatic N) is 4. The van der Waals surface area contributed by atoms with Gasteiger partial charge in [-0.25, -0.2) is 13.9 Å². The molecule has 0 unspecified atom stereocenters. The van der Waals surface area contributed by atoms with Gasteiger partial charge in [-0.15, -0.1) is 0 Å². The molecule has 6 rings (SSSR count). The number of carbonyl (C=O) groups is 1. The lowest BCUT2D eigenvalue weighted by Crippen LogP contribution is -2.39. The van der Waals surface area contributed by atoms with Crippen molar-refractivity contribution in [2.24, 2.45) is 0 Å². The number of hydrogen-bond acceptors (Lipinski definition) is 6. The fraction of sp³-hybridized carbons (Fsp3) is 0.417. The molecule has 9 nitrogen and oxygen atoms in total. The first-order chi connectivity index (χ1) is 16.6. The summed E-state index contributed by atoms with van der Waals surface area (Å²) in [5.41, 5.74) is 2.62. The van der Waals surface area contributed by atoms with Crippen LogP contribution in [-0.2, 0) is 4.74 Å². The highest BCUT2D eigenvalue weighted by Crippen LogP contribution is 2.36. The number of carbonyl (C=O) groups excluding carboxylic acids is 1. The Morgan fingerprint density at radius 2 is 2.15 bits per heavy atom. The average Bonchev–Trinajstić information content (AvgIpc) is 3.45. The van der Waals surface area contributed by atoms with E-state index in [2.05, 4.69) is 30.7 Å². The van der Waals surface area contributed by atoms with Crippen molar-refractivity contribution >= 4 is 28.4 Å². The Hall–Kier alpha value is -3.53. The van der Waals surface area contributed by atoms with Gasteiger partial charge in [-0.05, 0) is 49.8 Å². The van der Waals surface area contributed by atoms with E-state index in [1.807, 2.05) is 24.5 Å². The summed E-state index contributed by atoms with van der Waals surface area (Å²) >= 11 is 0. The van der Waals surface area contributed by atoms with Crippen LogP contribution in [0.1, 0.15) is 42.5 Å². The minimum Gasteiger partial charge on any atom is -0.381 e. The van der Waals surface area contributed by atoms with Crippen LogP contribution in [-0.4, -0.2) is 61.9 Å². The summed E-state index contributed by atoms with van der Waals surface area (Å²) in [6, 6.07) is 4.01. The predicted molar refractivity (Wildman–Crippen MR) is 126 cm³/mol. The zero-order valence-electron chi connectivity index (χ0n) is 18.7. The molecule has 0 atom stereocenters. The number of halogens is 1. The molecule has 3 N–H and O–H groups in total. The van der Waals surface area contributed by atoms with Crippen LogP contribution in [0, 0.1) is 0 Å². The SMILES string of the molecule is O=C(NC1CCOCC1)c1cnn2ccc(-c3c[nH]c4nc(NCC5(F)CCC5)ncc34)cc12. The lowest BCUT2D eigenvalue weighted by atomic mass is 9.82. The van der Waals surface area contributed by atoms with E-state index >= 15 is 0 Å². The lowest BCUT2D eigenvalue weighted by molar-refractivity contribution is 0.0697. The van der Waals surface area contributed by atoms with Crippen molar-refractivity contribution in [2.75, 3.05) is 25.1 Å². The number of fused-ring (bicyclic) bond motifs is 2. The van der Waals surface area contributed by atoms with Crippen molar-refractivity contribution in [2.45, 2.75) is 43.8 Å². The van der Waals surface area contributed by atoms with E-state index < -0.39 is 5.67 Å². The summed E-state index contributed by atoms with van der Waals surface area (Å²) in [4.78, 5) is 25.0. The monoisotopic (exact) mass is 463 g/mol. The van der Waals surface area contributed by atoms with Gasteiger partial charge in [0.15, 0.2) is 0 Å². The van der Waals surface area contributed by atoms with E-state index in [9.17, 15) is 9.18 Å². The highest BCUT2D eigenvalue weighted by Gasteiger charge is 2.36. The largest absolute Gasteiger partial charge is 0.381 e. The van der Waals surface area contributed by atoms with Gasteiger partial charge in [0.2, 0.25) is 5.95 Å². The molecule has 4 aromatic heterocycles. The second-order valence-corrected chi connectivity index (χ2v) is 9.18. The van der Waals surface area contributed by atoms with Crippen molar-refractivity contribution in [1.82, 2.24) is 29.9 Å². The standard InChI is InChI=1S/C24H26FN7O2/c25-24(5-1-6-24)14-28-23-27-12-18-17(11-26-21(18)31-23)15-2-7-32-20(10-15)19(13-29-32)22(33)30-16-3-8-34-9-4-16/h2,7,10-13,16H,1,3-6,8-9,14H2,(H,30,33)(H2,26,27,28,31). The molecule has 34 heavy (non-hydrogen) atoms. The van der Waals surface area contributed by atoms with Crippen molar-refractivity contribution in [3.63, 3.8) is 0 Å². The number of ether oxygens (including phenoxy) is 1. The normalized spacial score (nSPS) is 18.1. The van der Waals surface area contributed by atoms with E-state index in [1.165, 1.54) is 0 Å². The van der Waals surface area contributed by atoms with E-state index in [4.69, 9.17) is 4.74 Å². The van der Waals surface area contributed by atoms with Crippen LogP contribution in [0.15, 0.2) is 36.9 Å². The van der Waals surface area contributed by atoms with Crippen LogP contribution >= 0.6 is 0 Å². The fourth-order valence-corrected chi connectivity index (χ4v) is 4.63. The maximum absolute atomic E-state index is 14.3. The van der Waals surface area contributed by atoms with Gasteiger partial charge in [0.05, 0.1) is 23.8 Å². The Kier molecular flexibility index (Phi) is 5.17. The van der Waals surface area contributed by atoms with Gasteiger partial charge in [0.1, 0.15) is 11.3 Å². The van der Waals surface area contributed by atoms with Crippen LogP contribution < -0.4 is 10.6 Å². The summed E-state index contributed by atoms with van der Waals surface area (Å²) < 4.78 is 21.4. The molecule has 0 radical (unpaired) electrons. The predicted octanol–water partition coefficient (Wildman–Crippen LogP) is 3.49. The number of H-pyrrole nitrogens is 1. The molecule has 176 valence electrons. The van der Waals surface area contributed by atoms with E-state index in [-0.39, 0.29) is 18.5 Å². The highest BCUT2D eigenvalue weighted by atomic mass is 19.1. The van der Waals surface area contributed by atoms with Gasteiger partial charge in [-0.3, -0.25) is 4.79 Å². The van der Waals surface area contributed by atoms with Crippen LogP contribution in [0.3, 0.4) is 0 Å². The van der Waals surface area contributed by atoms with Crippen molar-refractivity contribution in [1.29, 1.82) is 0 Å². The number of amides is 1. The maximum Gasteiger partial charge on any atom is 0.255 e. The summed E-state index contributed by atoms with van der Waals surface area (Å²) in [6.07, 6.45) is 10.8. The number of alkyl halides is 1. The molecule has 0 bridgehead atoms. The average molecular weight is 464 g/mol. The molecule has 10 heteroatoms. The Balaban J connectivity index is 1.26. The molecule has 1 aliphatic carbocycles. The number of rotatable bonds is 6. The van der Waals surface area contributed by atoms with E-state index in [1.54, 1.807) is 16.9 Å². The van der Waals surface area contributed by atoms with Gasteiger partial charge < -0.3 is 20.4 Å². The number of nitrogens with one attached hydrogen (secondary N) is 3. The molecule has 0 spiro atoms. The maximum atomic E-state index is 14.3. The lowest BCUT2D eigenvalue weighted by Gasteiger charge is -2.33. The van der Waals surface area contributed by atoms with Crippen LogP contribution in [0.5, 0.6) is 0 Å².